The third-order valence-corrected chi connectivity index (χ3v) is 3.57. The number of methoxy groups -OCH3 is 1. The van der Waals surface area contributed by atoms with Gasteiger partial charge in [0.2, 0.25) is 0 Å². The zero-order chi connectivity index (χ0) is 15.1. The Kier molecular flexibility index (Phi) is 5.33. The molecule has 2 rings (SSSR count). The SMILES string of the molecule is C#CCNC(=NC)N1CCN(c2ccccc2OC)CC1. The van der Waals surface area contributed by atoms with Gasteiger partial charge in [-0.05, 0) is 12.1 Å². The molecule has 21 heavy (non-hydrogen) atoms. The molecule has 0 aromatic heterocycles. The molecule has 1 aliphatic rings. The monoisotopic (exact) mass is 286 g/mol. The molecule has 1 saturated heterocycles. The van der Waals surface area contributed by atoms with Gasteiger partial charge in [0.1, 0.15) is 5.75 Å². The third kappa shape index (κ3) is 3.60. The fourth-order valence-electron chi connectivity index (χ4n) is 2.51. The summed E-state index contributed by atoms with van der Waals surface area (Å²) in [4.78, 5) is 8.84. The van der Waals surface area contributed by atoms with E-state index in [9.17, 15) is 0 Å². The first-order valence-electron chi connectivity index (χ1n) is 7.07. The Hall–Kier alpha value is -2.35. The molecule has 0 saturated carbocycles. The summed E-state index contributed by atoms with van der Waals surface area (Å²) in [5.41, 5.74) is 1.14. The average molecular weight is 286 g/mol. The summed E-state index contributed by atoms with van der Waals surface area (Å²) in [6, 6.07) is 8.12. The zero-order valence-corrected chi connectivity index (χ0v) is 12.7. The van der Waals surface area contributed by atoms with E-state index in [0.29, 0.717) is 6.54 Å². The van der Waals surface area contributed by atoms with Crippen molar-refractivity contribution in [2.24, 2.45) is 4.99 Å². The second-order valence-electron chi connectivity index (χ2n) is 4.75. The van der Waals surface area contributed by atoms with Crippen molar-refractivity contribution in [1.82, 2.24) is 10.2 Å². The van der Waals surface area contributed by atoms with Crippen LogP contribution in [0.5, 0.6) is 5.75 Å². The van der Waals surface area contributed by atoms with Crippen LogP contribution in [0, 0.1) is 12.3 Å². The number of anilines is 1. The van der Waals surface area contributed by atoms with Gasteiger partial charge in [0, 0.05) is 33.2 Å². The fraction of sp³-hybridized carbons (Fsp3) is 0.438. The lowest BCUT2D eigenvalue weighted by atomic mass is 10.2. The van der Waals surface area contributed by atoms with Gasteiger partial charge in [0.25, 0.3) is 0 Å². The number of nitrogens with zero attached hydrogens (tertiary/aromatic N) is 3. The summed E-state index contributed by atoms with van der Waals surface area (Å²) in [6.45, 7) is 4.16. The van der Waals surface area contributed by atoms with E-state index in [2.05, 4.69) is 32.1 Å². The Morgan fingerprint density at radius 2 is 2.05 bits per heavy atom. The first-order chi connectivity index (χ1) is 10.3. The number of hydrogen-bond acceptors (Lipinski definition) is 3. The number of aliphatic imine (C=N–C) groups is 1. The molecular weight excluding hydrogens is 264 g/mol. The molecule has 1 fully saturated rings. The van der Waals surface area contributed by atoms with Gasteiger partial charge in [0.15, 0.2) is 5.96 Å². The van der Waals surface area contributed by atoms with Crippen molar-refractivity contribution in [3.05, 3.63) is 24.3 Å². The molecule has 1 N–H and O–H groups in total. The normalized spacial score (nSPS) is 15.6. The van der Waals surface area contributed by atoms with Gasteiger partial charge in [-0.3, -0.25) is 4.99 Å². The van der Waals surface area contributed by atoms with E-state index in [4.69, 9.17) is 11.2 Å². The van der Waals surface area contributed by atoms with Crippen molar-refractivity contribution in [3.8, 4) is 18.1 Å². The predicted octanol–water partition coefficient (Wildman–Crippen LogP) is 1.03. The number of ether oxygens (including phenoxy) is 1. The van der Waals surface area contributed by atoms with E-state index in [1.54, 1.807) is 14.2 Å². The van der Waals surface area contributed by atoms with Crippen molar-refractivity contribution in [2.45, 2.75) is 0 Å². The van der Waals surface area contributed by atoms with Crippen LogP contribution in [0.3, 0.4) is 0 Å². The molecule has 112 valence electrons. The van der Waals surface area contributed by atoms with E-state index in [0.717, 1.165) is 43.6 Å². The number of guanidine groups is 1. The maximum Gasteiger partial charge on any atom is 0.194 e. The van der Waals surface area contributed by atoms with Gasteiger partial charge in [-0.15, -0.1) is 6.42 Å². The maximum atomic E-state index is 5.43. The van der Waals surface area contributed by atoms with Crippen LogP contribution >= 0.6 is 0 Å². The molecule has 1 heterocycles. The number of terminal acetylenes is 1. The molecule has 0 aliphatic carbocycles. The van der Waals surface area contributed by atoms with Crippen molar-refractivity contribution in [3.63, 3.8) is 0 Å². The Morgan fingerprint density at radius 1 is 1.33 bits per heavy atom. The zero-order valence-electron chi connectivity index (χ0n) is 12.7. The van der Waals surface area contributed by atoms with Crippen LogP contribution in [0.1, 0.15) is 0 Å². The van der Waals surface area contributed by atoms with Crippen molar-refractivity contribution in [2.75, 3.05) is 51.8 Å². The van der Waals surface area contributed by atoms with Gasteiger partial charge < -0.3 is 19.9 Å². The molecule has 0 atom stereocenters. The minimum atomic E-state index is 0.499. The van der Waals surface area contributed by atoms with Crippen LogP contribution in [-0.4, -0.2) is 57.7 Å². The number of benzene rings is 1. The van der Waals surface area contributed by atoms with Crippen molar-refractivity contribution < 1.29 is 4.74 Å². The Labute approximate surface area is 126 Å². The van der Waals surface area contributed by atoms with E-state index in [1.807, 2.05) is 18.2 Å². The van der Waals surface area contributed by atoms with Crippen LogP contribution in [0.4, 0.5) is 5.69 Å². The highest BCUT2D eigenvalue weighted by atomic mass is 16.5. The predicted molar refractivity (Wildman–Crippen MR) is 87.0 cm³/mol. The van der Waals surface area contributed by atoms with Crippen LogP contribution in [-0.2, 0) is 0 Å². The minimum Gasteiger partial charge on any atom is -0.495 e. The lowest BCUT2D eigenvalue weighted by Crippen LogP contribution is -2.52. The first kappa shape index (κ1) is 15.0. The molecule has 0 unspecified atom stereocenters. The molecule has 0 amide bonds. The first-order valence-corrected chi connectivity index (χ1v) is 7.07. The second kappa shape index (κ2) is 7.44. The highest BCUT2D eigenvalue weighted by molar-refractivity contribution is 5.80. The van der Waals surface area contributed by atoms with Gasteiger partial charge >= 0.3 is 0 Å². The lowest BCUT2D eigenvalue weighted by Gasteiger charge is -2.38. The Balaban J connectivity index is 1.98. The van der Waals surface area contributed by atoms with Crippen molar-refractivity contribution in [1.29, 1.82) is 0 Å². The molecular formula is C16H22N4O. The summed E-state index contributed by atoms with van der Waals surface area (Å²) in [6.07, 6.45) is 5.28. The third-order valence-electron chi connectivity index (χ3n) is 3.57. The van der Waals surface area contributed by atoms with Gasteiger partial charge in [-0.25, -0.2) is 0 Å². The minimum absolute atomic E-state index is 0.499. The number of hydrogen-bond donors (Lipinski definition) is 1. The van der Waals surface area contributed by atoms with Gasteiger partial charge in [-0.2, -0.15) is 0 Å². The molecule has 1 aromatic rings. The highest BCUT2D eigenvalue weighted by Crippen LogP contribution is 2.28. The quantitative estimate of drug-likeness (QED) is 0.512. The number of piperazine rings is 1. The Morgan fingerprint density at radius 3 is 2.67 bits per heavy atom. The Bertz CT molecular complexity index is 527. The number of para-hydroxylation sites is 2. The van der Waals surface area contributed by atoms with Gasteiger partial charge in [-0.1, -0.05) is 18.1 Å². The van der Waals surface area contributed by atoms with Crippen LogP contribution < -0.4 is 15.0 Å². The van der Waals surface area contributed by atoms with Gasteiger partial charge in [0.05, 0.1) is 19.3 Å². The van der Waals surface area contributed by atoms with E-state index in [-0.39, 0.29) is 0 Å². The fourth-order valence-corrected chi connectivity index (χ4v) is 2.51. The van der Waals surface area contributed by atoms with Crippen molar-refractivity contribution >= 4 is 11.6 Å². The van der Waals surface area contributed by atoms with E-state index >= 15 is 0 Å². The molecule has 5 heteroatoms. The highest BCUT2D eigenvalue weighted by Gasteiger charge is 2.21. The number of rotatable bonds is 3. The second-order valence-corrected chi connectivity index (χ2v) is 4.75. The van der Waals surface area contributed by atoms with E-state index in [1.165, 1.54) is 0 Å². The van der Waals surface area contributed by atoms with E-state index < -0.39 is 0 Å². The maximum absolute atomic E-state index is 5.43. The summed E-state index contributed by atoms with van der Waals surface area (Å²) < 4.78 is 5.43. The molecule has 1 aliphatic heterocycles. The smallest absolute Gasteiger partial charge is 0.194 e. The van der Waals surface area contributed by atoms with Crippen LogP contribution in [0.2, 0.25) is 0 Å². The molecule has 0 bridgehead atoms. The average Bonchev–Trinajstić information content (AvgIpc) is 2.56. The molecule has 0 radical (unpaired) electrons. The van der Waals surface area contributed by atoms with Crippen LogP contribution in [0.25, 0.3) is 0 Å². The topological polar surface area (TPSA) is 40.1 Å². The molecule has 1 aromatic carbocycles. The summed E-state index contributed by atoms with van der Waals surface area (Å²) in [7, 11) is 3.49. The number of nitrogens with one attached hydrogen (secondary N) is 1. The molecule has 5 nitrogen and oxygen atoms in total. The summed E-state index contributed by atoms with van der Waals surface area (Å²) in [5, 5.41) is 3.16. The largest absolute Gasteiger partial charge is 0.495 e. The van der Waals surface area contributed by atoms with Crippen LogP contribution in [0.15, 0.2) is 29.3 Å². The lowest BCUT2D eigenvalue weighted by molar-refractivity contribution is 0.368. The molecule has 0 spiro atoms. The standard InChI is InChI=1S/C16H22N4O/c1-4-9-18-16(17-2)20-12-10-19(11-13-20)14-7-5-6-8-15(14)21-3/h1,5-8H,9-13H2,2-3H3,(H,17,18). The summed E-state index contributed by atoms with van der Waals surface area (Å²) >= 11 is 0. The summed E-state index contributed by atoms with van der Waals surface area (Å²) in [5.74, 6) is 4.36.